The van der Waals surface area contributed by atoms with E-state index in [1.807, 2.05) is 12.1 Å². The molecule has 0 radical (unpaired) electrons. The molecule has 1 amide bonds. The van der Waals surface area contributed by atoms with Crippen LogP contribution in [0.3, 0.4) is 0 Å². The molecule has 0 aliphatic heterocycles. The monoisotopic (exact) mass is 473 g/mol. The number of thioether (sulfide) groups is 1. The summed E-state index contributed by atoms with van der Waals surface area (Å²) >= 11 is 1.45. The second kappa shape index (κ2) is 11.1. The van der Waals surface area contributed by atoms with Crippen LogP contribution in [-0.2, 0) is 17.6 Å². The fraction of sp³-hybridized carbons (Fsp3) is 0.296. The molecule has 0 spiro atoms. The number of carbonyl (C=O) groups is 1. The van der Waals surface area contributed by atoms with Crippen molar-refractivity contribution in [2.75, 3.05) is 25.3 Å². The fourth-order valence-electron chi connectivity index (χ4n) is 4.19. The van der Waals surface area contributed by atoms with Gasteiger partial charge in [-0.2, -0.15) is 5.26 Å². The molecule has 7 heteroatoms. The van der Waals surface area contributed by atoms with Crippen LogP contribution in [-0.4, -0.2) is 30.9 Å². The molecule has 1 aromatic heterocycles. The van der Waals surface area contributed by atoms with Gasteiger partial charge in [0, 0.05) is 41.8 Å². The predicted molar refractivity (Wildman–Crippen MR) is 134 cm³/mol. The number of methoxy groups -OCH3 is 2. The second-order valence-electron chi connectivity index (χ2n) is 8.16. The van der Waals surface area contributed by atoms with Crippen molar-refractivity contribution >= 4 is 23.4 Å². The molecule has 1 aliphatic rings. The van der Waals surface area contributed by atoms with E-state index in [9.17, 15) is 10.1 Å². The van der Waals surface area contributed by atoms with E-state index in [4.69, 9.17) is 14.5 Å². The first kappa shape index (κ1) is 23.7. The van der Waals surface area contributed by atoms with Crippen molar-refractivity contribution in [1.29, 1.82) is 5.26 Å². The first-order valence-corrected chi connectivity index (χ1v) is 12.2. The van der Waals surface area contributed by atoms with Crippen molar-refractivity contribution < 1.29 is 14.3 Å². The molecule has 1 aliphatic carbocycles. The zero-order valence-corrected chi connectivity index (χ0v) is 20.2. The zero-order chi connectivity index (χ0) is 23.9. The minimum absolute atomic E-state index is 0.120. The highest BCUT2D eigenvalue weighted by Gasteiger charge is 2.23. The zero-order valence-electron chi connectivity index (χ0n) is 19.3. The summed E-state index contributed by atoms with van der Waals surface area (Å²) in [5, 5.41) is 13.3. The molecular formula is C27H27N3O3S. The minimum atomic E-state index is -0.120. The van der Waals surface area contributed by atoms with Crippen LogP contribution in [0.15, 0.2) is 59.6 Å². The molecule has 0 fully saturated rings. The van der Waals surface area contributed by atoms with E-state index in [0.29, 0.717) is 45.9 Å². The molecule has 174 valence electrons. The largest absolute Gasteiger partial charge is 0.497 e. The molecule has 4 rings (SSSR count). The van der Waals surface area contributed by atoms with Crippen molar-refractivity contribution in [2.24, 2.45) is 0 Å². The third kappa shape index (κ3) is 5.70. The lowest BCUT2D eigenvalue weighted by atomic mass is 9.82. The number of aryl methyl sites for hydroxylation is 1. The average molecular weight is 474 g/mol. The summed E-state index contributed by atoms with van der Waals surface area (Å²) in [4.78, 5) is 17.3. The van der Waals surface area contributed by atoms with Crippen LogP contribution in [0.2, 0.25) is 0 Å². The number of anilines is 1. The Hall–Kier alpha value is -3.50. The molecule has 0 bridgehead atoms. The van der Waals surface area contributed by atoms with Crippen molar-refractivity contribution in [3.05, 3.63) is 77.0 Å². The van der Waals surface area contributed by atoms with Crippen LogP contribution in [0.25, 0.3) is 0 Å². The number of aromatic nitrogens is 1. The van der Waals surface area contributed by atoms with Gasteiger partial charge in [0.25, 0.3) is 0 Å². The Morgan fingerprint density at radius 2 is 1.88 bits per heavy atom. The van der Waals surface area contributed by atoms with Crippen LogP contribution in [0, 0.1) is 11.3 Å². The third-order valence-corrected chi connectivity index (χ3v) is 6.94. The number of hydrogen-bond acceptors (Lipinski definition) is 6. The van der Waals surface area contributed by atoms with Crippen LogP contribution in [0.4, 0.5) is 5.69 Å². The van der Waals surface area contributed by atoms with Gasteiger partial charge in [0.15, 0.2) is 0 Å². The van der Waals surface area contributed by atoms with Crippen LogP contribution in [0.5, 0.6) is 11.5 Å². The molecule has 6 nitrogen and oxygen atoms in total. The summed E-state index contributed by atoms with van der Waals surface area (Å²) in [6.45, 7) is 0. The summed E-state index contributed by atoms with van der Waals surface area (Å²) < 4.78 is 10.5. The highest BCUT2D eigenvalue weighted by molar-refractivity contribution is 7.99. The minimum Gasteiger partial charge on any atom is -0.497 e. The van der Waals surface area contributed by atoms with Crippen LogP contribution < -0.4 is 14.8 Å². The average Bonchev–Trinajstić information content (AvgIpc) is 2.88. The van der Waals surface area contributed by atoms with Crippen molar-refractivity contribution in [2.45, 2.75) is 36.6 Å². The number of benzene rings is 2. The highest BCUT2D eigenvalue weighted by Crippen LogP contribution is 2.34. The number of pyridine rings is 1. The molecule has 1 atom stereocenters. The Kier molecular flexibility index (Phi) is 7.71. The number of carbonyl (C=O) groups excluding carboxylic acids is 1. The van der Waals surface area contributed by atoms with Gasteiger partial charge in [-0.05, 0) is 42.4 Å². The van der Waals surface area contributed by atoms with Gasteiger partial charge in [-0.1, -0.05) is 30.3 Å². The predicted octanol–water partition coefficient (Wildman–Crippen LogP) is 5.36. The molecule has 1 unspecified atom stereocenters. The Bertz CT molecular complexity index is 1190. The van der Waals surface area contributed by atoms with Gasteiger partial charge in [-0.15, -0.1) is 11.8 Å². The number of rotatable bonds is 8. The molecule has 2 aromatic carbocycles. The first-order valence-electron chi connectivity index (χ1n) is 11.2. The fourth-order valence-corrected chi connectivity index (χ4v) is 5.10. The standard InChI is InChI=1S/C27H27N3O3S/c1-32-23-14-22(15-24(16-23)33-2)29-26(31)10-11-34-27-21(17-28)13-20-12-19(8-9-25(20)30-27)18-6-4-3-5-7-18/h3-7,13-16,19H,8-12H2,1-2H3,(H,29,31). The molecule has 1 heterocycles. The molecular weight excluding hydrogens is 446 g/mol. The first-order chi connectivity index (χ1) is 16.6. The van der Waals surface area contributed by atoms with E-state index >= 15 is 0 Å². The van der Waals surface area contributed by atoms with Gasteiger partial charge >= 0.3 is 0 Å². The quantitative estimate of drug-likeness (QED) is 0.443. The van der Waals surface area contributed by atoms with E-state index in [1.54, 1.807) is 32.4 Å². The lowest BCUT2D eigenvalue weighted by molar-refractivity contribution is -0.115. The number of amides is 1. The summed E-state index contributed by atoms with van der Waals surface area (Å²) in [6.07, 6.45) is 3.14. The Morgan fingerprint density at radius 1 is 1.15 bits per heavy atom. The van der Waals surface area contributed by atoms with Gasteiger partial charge < -0.3 is 14.8 Å². The van der Waals surface area contributed by atoms with Gasteiger partial charge in [-0.3, -0.25) is 4.79 Å². The summed E-state index contributed by atoms with van der Waals surface area (Å²) in [5.41, 5.74) is 4.76. The number of nitrogens with zero attached hydrogens (tertiary/aromatic N) is 2. The number of ether oxygens (including phenoxy) is 2. The Balaban J connectivity index is 1.37. The third-order valence-electron chi connectivity index (χ3n) is 5.95. The topological polar surface area (TPSA) is 84.2 Å². The van der Waals surface area contributed by atoms with Crippen molar-refractivity contribution in [3.63, 3.8) is 0 Å². The summed E-state index contributed by atoms with van der Waals surface area (Å²) in [6, 6.07) is 20.0. The molecule has 34 heavy (non-hydrogen) atoms. The molecule has 0 saturated heterocycles. The van der Waals surface area contributed by atoms with Crippen molar-refractivity contribution in [1.82, 2.24) is 4.98 Å². The van der Waals surface area contributed by atoms with Gasteiger partial charge in [-0.25, -0.2) is 4.98 Å². The summed E-state index contributed by atoms with van der Waals surface area (Å²) in [7, 11) is 3.13. The van der Waals surface area contributed by atoms with E-state index in [1.165, 1.54) is 17.3 Å². The van der Waals surface area contributed by atoms with Gasteiger partial charge in [0.2, 0.25) is 5.91 Å². The van der Waals surface area contributed by atoms with E-state index in [2.05, 4.69) is 35.7 Å². The molecule has 3 aromatic rings. The Morgan fingerprint density at radius 3 is 2.56 bits per heavy atom. The van der Waals surface area contributed by atoms with Crippen molar-refractivity contribution in [3.8, 4) is 17.6 Å². The van der Waals surface area contributed by atoms with E-state index in [0.717, 1.165) is 30.5 Å². The lowest BCUT2D eigenvalue weighted by Gasteiger charge is -2.25. The summed E-state index contributed by atoms with van der Waals surface area (Å²) in [5.74, 6) is 2.08. The second-order valence-corrected chi connectivity index (χ2v) is 9.24. The maximum absolute atomic E-state index is 12.5. The maximum atomic E-state index is 12.5. The van der Waals surface area contributed by atoms with Gasteiger partial charge in [0.05, 0.1) is 19.8 Å². The normalized spacial score (nSPS) is 14.6. The van der Waals surface area contributed by atoms with E-state index < -0.39 is 0 Å². The van der Waals surface area contributed by atoms with Crippen LogP contribution >= 0.6 is 11.8 Å². The molecule has 1 N–H and O–H groups in total. The smallest absolute Gasteiger partial charge is 0.225 e. The SMILES string of the molecule is COc1cc(NC(=O)CCSc2nc3c(cc2C#N)CC(c2ccccc2)CC3)cc(OC)c1. The number of nitriles is 1. The number of nitrogens with one attached hydrogen (secondary N) is 1. The number of hydrogen-bond donors (Lipinski definition) is 1. The Labute approximate surface area is 204 Å². The molecule has 0 saturated carbocycles. The lowest BCUT2D eigenvalue weighted by Crippen LogP contribution is -2.15. The number of fused-ring (bicyclic) bond motifs is 1. The van der Waals surface area contributed by atoms with E-state index in [-0.39, 0.29) is 5.91 Å². The van der Waals surface area contributed by atoms with Crippen LogP contribution in [0.1, 0.15) is 41.1 Å². The maximum Gasteiger partial charge on any atom is 0.225 e. The highest BCUT2D eigenvalue weighted by atomic mass is 32.2. The van der Waals surface area contributed by atoms with Gasteiger partial charge in [0.1, 0.15) is 22.6 Å².